The normalized spacial score (nSPS) is 14.0. The lowest BCUT2D eigenvalue weighted by Gasteiger charge is -2.05. The Bertz CT molecular complexity index is 631. The van der Waals surface area contributed by atoms with Crippen LogP contribution >= 0.6 is 15.9 Å². The van der Waals surface area contributed by atoms with Gasteiger partial charge in [-0.05, 0) is 40.2 Å². The second-order valence-electron chi connectivity index (χ2n) is 3.66. The van der Waals surface area contributed by atoms with Crippen molar-refractivity contribution in [3.05, 3.63) is 59.1 Å². The first-order chi connectivity index (χ1) is 8.09. The second-order valence-corrected chi connectivity index (χ2v) is 6.77. The summed E-state index contributed by atoms with van der Waals surface area (Å²) in [6, 6.07) is 16.8. The molecule has 2 nitrogen and oxygen atoms in total. The van der Waals surface area contributed by atoms with Crippen molar-refractivity contribution < 1.29 is 4.21 Å². The molecule has 0 saturated heterocycles. The van der Waals surface area contributed by atoms with Gasteiger partial charge in [-0.2, -0.15) is 4.36 Å². The zero-order valence-corrected chi connectivity index (χ0v) is 11.7. The predicted octanol–water partition coefficient (Wildman–Crippen LogP) is 4.24. The van der Waals surface area contributed by atoms with Gasteiger partial charge in [-0.25, -0.2) is 4.21 Å². The fourth-order valence-corrected chi connectivity index (χ4v) is 3.23. The molecule has 0 bridgehead atoms. The van der Waals surface area contributed by atoms with Crippen molar-refractivity contribution >= 4 is 31.3 Å². The zero-order valence-electron chi connectivity index (χ0n) is 9.34. The number of benzene rings is 2. The van der Waals surface area contributed by atoms with E-state index in [1.807, 2.05) is 54.6 Å². The van der Waals surface area contributed by atoms with Crippen LogP contribution in [0.15, 0.2) is 68.3 Å². The molecule has 0 aliphatic heterocycles. The molecule has 0 N–H and O–H groups in total. The molecule has 1 atom stereocenters. The van der Waals surface area contributed by atoms with E-state index in [9.17, 15) is 4.21 Å². The Morgan fingerprint density at radius 2 is 1.59 bits per heavy atom. The van der Waals surface area contributed by atoms with E-state index in [0.717, 1.165) is 9.37 Å². The van der Waals surface area contributed by atoms with Crippen LogP contribution in [0, 0.1) is 0 Å². The summed E-state index contributed by atoms with van der Waals surface area (Å²) in [5.41, 5.74) is 0.712. The van der Waals surface area contributed by atoms with Gasteiger partial charge < -0.3 is 0 Å². The molecule has 0 aliphatic rings. The first-order valence-corrected chi connectivity index (χ1v) is 7.83. The molecule has 0 amide bonds. The molecule has 0 aromatic heterocycles. The molecule has 0 saturated carbocycles. The Balaban J connectivity index is 2.54. The van der Waals surface area contributed by atoms with E-state index < -0.39 is 9.73 Å². The van der Waals surface area contributed by atoms with Gasteiger partial charge in [0.1, 0.15) is 0 Å². The number of hydrogen-bond donors (Lipinski definition) is 0. The smallest absolute Gasteiger partial charge is 0.0875 e. The van der Waals surface area contributed by atoms with Gasteiger partial charge in [-0.3, -0.25) is 0 Å². The van der Waals surface area contributed by atoms with Crippen LogP contribution in [0.2, 0.25) is 0 Å². The minimum Gasteiger partial charge on any atom is -0.245 e. The third kappa shape index (κ3) is 2.96. The average molecular weight is 310 g/mol. The number of rotatable bonds is 2. The van der Waals surface area contributed by atoms with Crippen molar-refractivity contribution in [1.82, 2.24) is 0 Å². The average Bonchev–Trinajstić information content (AvgIpc) is 2.33. The summed E-state index contributed by atoms with van der Waals surface area (Å²) in [5.74, 6) is 0. The summed E-state index contributed by atoms with van der Waals surface area (Å²) in [6.45, 7) is 0. The van der Waals surface area contributed by atoms with Gasteiger partial charge in [-0.15, -0.1) is 0 Å². The van der Waals surface area contributed by atoms with Crippen molar-refractivity contribution in [2.24, 2.45) is 4.36 Å². The maximum atomic E-state index is 12.5. The first-order valence-electron chi connectivity index (χ1n) is 5.11. The Hall–Kier alpha value is -1.13. The van der Waals surface area contributed by atoms with Crippen molar-refractivity contribution in [2.75, 3.05) is 6.26 Å². The maximum Gasteiger partial charge on any atom is 0.0875 e. The molecule has 2 aromatic rings. The summed E-state index contributed by atoms with van der Waals surface area (Å²) >= 11 is 3.40. The quantitative estimate of drug-likeness (QED) is 0.816. The highest BCUT2D eigenvalue weighted by Gasteiger charge is 2.06. The molecule has 0 spiro atoms. The number of hydrogen-bond acceptors (Lipinski definition) is 2. The molecule has 2 rings (SSSR count). The van der Waals surface area contributed by atoms with E-state index in [1.165, 1.54) is 0 Å². The van der Waals surface area contributed by atoms with Crippen molar-refractivity contribution in [1.29, 1.82) is 0 Å². The molecule has 1 unspecified atom stereocenters. The molecule has 2 aromatic carbocycles. The lowest BCUT2D eigenvalue weighted by Crippen LogP contribution is -1.96. The summed E-state index contributed by atoms with van der Waals surface area (Å²) in [6.07, 6.45) is 1.65. The van der Waals surface area contributed by atoms with Gasteiger partial charge in [0.25, 0.3) is 0 Å². The Morgan fingerprint density at radius 1 is 1.00 bits per heavy atom. The van der Waals surface area contributed by atoms with Crippen LogP contribution in [0.25, 0.3) is 0 Å². The van der Waals surface area contributed by atoms with E-state index >= 15 is 0 Å². The molecule has 0 aliphatic carbocycles. The molecular weight excluding hydrogens is 298 g/mol. The van der Waals surface area contributed by atoms with Crippen LogP contribution in [-0.4, -0.2) is 10.5 Å². The second kappa shape index (κ2) is 5.02. The summed E-state index contributed by atoms with van der Waals surface area (Å²) in [5, 5.41) is 0. The predicted molar refractivity (Wildman–Crippen MR) is 75.0 cm³/mol. The van der Waals surface area contributed by atoms with E-state index in [1.54, 1.807) is 6.26 Å². The molecule has 0 fully saturated rings. The largest absolute Gasteiger partial charge is 0.245 e. The van der Waals surface area contributed by atoms with E-state index in [-0.39, 0.29) is 0 Å². The van der Waals surface area contributed by atoms with E-state index in [0.29, 0.717) is 5.69 Å². The highest BCUT2D eigenvalue weighted by atomic mass is 79.9. The van der Waals surface area contributed by atoms with Crippen molar-refractivity contribution in [3.63, 3.8) is 0 Å². The summed E-state index contributed by atoms with van der Waals surface area (Å²) in [7, 11) is -2.39. The summed E-state index contributed by atoms with van der Waals surface area (Å²) < 4.78 is 17.7. The van der Waals surface area contributed by atoms with Crippen molar-refractivity contribution in [2.45, 2.75) is 4.90 Å². The lowest BCUT2D eigenvalue weighted by atomic mass is 10.3. The molecule has 0 heterocycles. The Morgan fingerprint density at radius 3 is 2.24 bits per heavy atom. The van der Waals surface area contributed by atoms with E-state index in [4.69, 9.17) is 0 Å². The van der Waals surface area contributed by atoms with Crippen LogP contribution < -0.4 is 0 Å². The highest BCUT2D eigenvalue weighted by molar-refractivity contribution is 9.10. The lowest BCUT2D eigenvalue weighted by molar-refractivity contribution is 0.681. The standard InChI is InChI=1S/C13H12BrNOS/c1-17(16,11-7-3-2-4-8-11)15-13-10-6-5-9-12(13)14/h2-10H,1H3. The summed E-state index contributed by atoms with van der Waals surface area (Å²) in [4.78, 5) is 0.746. The van der Waals surface area contributed by atoms with Gasteiger partial charge in [0.2, 0.25) is 0 Å². The van der Waals surface area contributed by atoms with E-state index in [2.05, 4.69) is 20.3 Å². The molecular formula is C13H12BrNOS. The van der Waals surface area contributed by atoms with Gasteiger partial charge in [0, 0.05) is 15.6 Å². The van der Waals surface area contributed by atoms with Crippen LogP contribution in [0.5, 0.6) is 0 Å². The maximum absolute atomic E-state index is 12.5. The highest BCUT2D eigenvalue weighted by Crippen LogP contribution is 2.27. The van der Waals surface area contributed by atoms with Crippen molar-refractivity contribution in [3.8, 4) is 0 Å². The SMILES string of the molecule is CS(=O)(=Nc1ccccc1Br)c1ccccc1. The number of halogens is 1. The van der Waals surface area contributed by atoms with Crippen LogP contribution in [-0.2, 0) is 9.73 Å². The fraction of sp³-hybridized carbons (Fsp3) is 0.0769. The monoisotopic (exact) mass is 309 g/mol. The Labute approximate surface area is 110 Å². The van der Waals surface area contributed by atoms with Gasteiger partial charge in [0.05, 0.1) is 15.4 Å². The molecule has 0 radical (unpaired) electrons. The third-order valence-electron chi connectivity index (χ3n) is 2.31. The molecule has 88 valence electrons. The first kappa shape index (κ1) is 12.3. The van der Waals surface area contributed by atoms with Gasteiger partial charge in [-0.1, -0.05) is 30.3 Å². The molecule has 17 heavy (non-hydrogen) atoms. The topological polar surface area (TPSA) is 29.4 Å². The van der Waals surface area contributed by atoms with Gasteiger partial charge >= 0.3 is 0 Å². The molecule has 4 heteroatoms. The Kier molecular flexibility index (Phi) is 3.64. The van der Waals surface area contributed by atoms with Crippen LogP contribution in [0.4, 0.5) is 5.69 Å². The minimum absolute atomic E-state index is 0.712. The third-order valence-corrected chi connectivity index (χ3v) is 4.67. The zero-order chi connectivity index (χ0) is 12.3. The minimum atomic E-state index is -2.39. The number of nitrogens with zero attached hydrogens (tertiary/aromatic N) is 1. The van der Waals surface area contributed by atoms with Gasteiger partial charge in [0.15, 0.2) is 0 Å². The van der Waals surface area contributed by atoms with Crippen LogP contribution in [0.3, 0.4) is 0 Å². The van der Waals surface area contributed by atoms with Crippen LogP contribution in [0.1, 0.15) is 0 Å². The fourth-order valence-electron chi connectivity index (χ4n) is 1.44.